The number of ether oxygens (including phenoxy) is 1. The van der Waals surface area contributed by atoms with Crippen molar-refractivity contribution >= 4 is 12.4 Å². The van der Waals surface area contributed by atoms with Gasteiger partial charge in [0.25, 0.3) is 0 Å². The van der Waals surface area contributed by atoms with Crippen LogP contribution in [0.3, 0.4) is 0 Å². The SMILES string of the molecule is Cl.NC[C@@H]1OCCc2c(-c3ccncn3)cccc21. The number of rotatable bonds is 2. The molecule has 0 unspecified atom stereocenters. The number of aromatic nitrogens is 2. The molecular formula is C14H16ClN3O. The van der Waals surface area contributed by atoms with E-state index in [4.69, 9.17) is 10.5 Å². The van der Waals surface area contributed by atoms with E-state index in [1.807, 2.05) is 12.1 Å². The molecule has 1 aliphatic rings. The Kier molecular flexibility index (Phi) is 4.47. The van der Waals surface area contributed by atoms with E-state index in [1.54, 1.807) is 12.5 Å². The zero-order valence-corrected chi connectivity index (χ0v) is 11.3. The van der Waals surface area contributed by atoms with E-state index in [0.29, 0.717) is 6.54 Å². The largest absolute Gasteiger partial charge is 0.372 e. The Morgan fingerprint density at radius 2 is 2.21 bits per heavy atom. The molecule has 2 aromatic rings. The molecule has 0 fully saturated rings. The second-order valence-corrected chi connectivity index (χ2v) is 4.31. The summed E-state index contributed by atoms with van der Waals surface area (Å²) in [5.41, 5.74) is 10.4. The van der Waals surface area contributed by atoms with Crippen molar-refractivity contribution in [1.82, 2.24) is 9.97 Å². The Morgan fingerprint density at radius 1 is 1.32 bits per heavy atom. The van der Waals surface area contributed by atoms with E-state index in [1.165, 1.54) is 11.1 Å². The molecule has 1 aromatic carbocycles. The topological polar surface area (TPSA) is 61.0 Å². The Hall–Kier alpha value is -1.49. The maximum atomic E-state index is 5.76. The van der Waals surface area contributed by atoms with Gasteiger partial charge in [-0.1, -0.05) is 18.2 Å². The molecule has 0 saturated heterocycles. The van der Waals surface area contributed by atoms with Crippen molar-refractivity contribution in [1.29, 1.82) is 0 Å². The first-order chi connectivity index (χ1) is 8.90. The molecule has 1 atom stereocenters. The van der Waals surface area contributed by atoms with Crippen molar-refractivity contribution < 1.29 is 4.74 Å². The molecule has 0 spiro atoms. The Bertz CT molecular complexity index is 548. The third-order valence-electron chi connectivity index (χ3n) is 3.30. The molecule has 0 amide bonds. The fourth-order valence-corrected chi connectivity index (χ4v) is 2.46. The van der Waals surface area contributed by atoms with Gasteiger partial charge in [-0.25, -0.2) is 9.97 Å². The van der Waals surface area contributed by atoms with E-state index in [-0.39, 0.29) is 18.5 Å². The number of halogens is 1. The molecule has 0 radical (unpaired) electrons. The highest BCUT2D eigenvalue weighted by Gasteiger charge is 2.22. The molecule has 1 aliphatic heterocycles. The Labute approximate surface area is 118 Å². The van der Waals surface area contributed by atoms with Crippen molar-refractivity contribution in [3.63, 3.8) is 0 Å². The lowest BCUT2D eigenvalue weighted by Gasteiger charge is -2.26. The second kappa shape index (κ2) is 6.10. The maximum Gasteiger partial charge on any atom is 0.116 e. The maximum absolute atomic E-state index is 5.76. The lowest BCUT2D eigenvalue weighted by molar-refractivity contribution is 0.0486. The number of hydrogen-bond acceptors (Lipinski definition) is 4. The minimum absolute atomic E-state index is 0. The fraction of sp³-hybridized carbons (Fsp3) is 0.286. The molecule has 0 bridgehead atoms. The van der Waals surface area contributed by atoms with Gasteiger partial charge < -0.3 is 10.5 Å². The average Bonchev–Trinajstić information content (AvgIpc) is 2.47. The Morgan fingerprint density at radius 3 is 2.95 bits per heavy atom. The summed E-state index contributed by atoms with van der Waals surface area (Å²) in [7, 11) is 0. The third kappa shape index (κ3) is 2.61. The van der Waals surface area contributed by atoms with Gasteiger partial charge in [-0.15, -0.1) is 12.4 Å². The quantitative estimate of drug-likeness (QED) is 0.914. The van der Waals surface area contributed by atoms with Crippen molar-refractivity contribution in [3.8, 4) is 11.3 Å². The highest BCUT2D eigenvalue weighted by atomic mass is 35.5. The lowest BCUT2D eigenvalue weighted by atomic mass is 9.91. The monoisotopic (exact) mass is 277 g/mol. The van der Waals surface area contributed by atoms with Gasteiger partial charge in [-0.3, -0.25) is 0 Å². The summed E-state index contributed by atoms with van der Waals surface area (Å²) >= 11 is 0. The predicted octanol–water partition coefficient (Wildman–Crippen LogP) is 2.14. The Balaban J connectivity index is 0.00000133. The van der Waals surface area contributed by atoms with Crippen LogP contribution in [-0.4, -0.2) is 23.1 Å². The summed E-state index contributed by atoms with van der Waals surface area (Å²) in [6.45, 7) is 1.23. The summed E-state index contributed by atoms with van der Waals surface area (Å²) in [6.07, 6.45) is 4.26. The fourth-order valence-electron chi connectivity index (χ4n) is 2.46. The molecular weight excluding hydrogens is 262 g/mol. The number of nitrogens with two attached hydrogens (primary N) is 1. The molecule has 2 N–H and O–H groups in total. The van der Waals surface area contributed by atoms with Crippen LogP contribution in [0.5, 0.6) is 0 Å². The summed E-state index contributed by atoms with van der Waals surface area (Å²) in [4.78, 5) is 8.28. The number of nitrogens with zero attached hydrogens (tertiary/aromatic N) is 2. The van der Waals surface area contributed by atoms with Gasteiger partial charge in [0.2, 0.25) is 0 Å². The summed E-state index contributed by atoms with van der Waals surface area (Å²) in [6, 6.07) is 8.16. The summed E-state index contributed by atoms with van der Waals surface area (Å²) < 4.78 is 5.69. The van der Waals surface area contributed by atoms with Gasteiger partial charge >= 0.3 is 0 Å². The normalized spacial score (nSPS) is 17.4. The van der Waals surface area contributed by atoms with E-state index < -0.39 is 0 Å². The zero-order valence-electron chi connectivity index (χ0n) is 10.5. The number of benzene rings is 1. The molecule has 4 nitrogen and oxygen atoms in total. The second-order valence-electron chi connectivity index (χ2n) is 4.31. The van der Waals surface area contributed by atoms with Crippen LogP contribution in [0.25, 0.3) is 11.3 Å². The van der Waals surface area contributed by atoms with E-state index in [9.17, 15) is 0 Å². The minimum atomic E-state index is 0. The van der Waals surface area contributed by atoms with E-state index in [2.05, 4.69) is 22.1 Å². The van der Waals surface area contributed by atoms with Gasteiger partial charge in [0.05, 0.1) is 18.4 Å². The van der Waals surface area contributed by atoms with Crippen LogP contribution in [-0.2, 0) is 11.2 Å². The van der Waals surface area contributed by atoms with Crippen LogP contribution < -0.4 is 5.73 Å². The first-order valence-electron chi connectivity index (χ1n) is 6.10. The standard InChI is InChI=1S/C14H15N3O.ClH/c15-8-14-12-3-1-2-11(10(12)5-7-18-14)13-4-6-16-9-17-13;/h1-4,6,9,14H,5,7-8,15H2;1H/t14-;/m0./s1. The van der Waals surface area contributed by atoms with Gasteiger partial charge in [-0.2, -0.15) is 0 Å². The predicted molar refractivity (Wildman–Crippen MR) is 76.2 cm³/mol. The molecule has 2 heterocycles. The first kappa shape index (κ1) is 13.9. The van der Waals surface area contributed by atoms with E-state index in [0.717, 1.165) is 24.3 Å². The van der Waals surface area contributed by atoms with Gasteiger partial charge in [-0.05, 0) is 23.6 Å². The van der Waals surface area contributed by atoms with Gasteiger partial charge in [0.1, 0.15) is 6.33 Å². The highest BCUT2D eigenvalue weighted by Crippen LogP contribution is 2.32. The average molecular weight is 278 g/mol. The van der Waals surface area contributed by atoms with Gasteiger partial charge in [0, 0.05) is 18.3 Å². The third-order valence-corrected chi connectivity index (χ3v) is 3.30. The minimum Gasteiger partial charge on any atom is -0.372 e. The highest BCUT2D eigenvalue weighted by molar-refractivity contribution is 5.85. The van der Waals surface area contributed by atoms with Crippen molar-refractivity contribution in [2.45, 2.75) is 12.5 Å². The summed E-state index contributed by atoms with van der Waals surface area (Å²) in [5, 5.41) is 0. The zero-order chi connectivity index (χ0) is 12.4. The van der Waals surface area contributed by atoms with Crippen LogP contribution in [0.4, 0.5) is 0 Å². The van der Waals surface area contributed by atoms with E-state index >= 15 is 0 Å². The van der Waals surface area contributed by atoms with Crippen LogP contribution >= 0.6 is 12.4 Å². The van der Waals surface area contributed by atoms with Crippen LogP contribution in [0.15, 0.2) is 36.8 Å². The van der Waals surface area contributed by atoms with Crippen molar-refractivity contribution in [3.05, 3.63) is 47.9 Å². The first-order valence-corrected chi connectivity index (χ1v) is 6.10. The number of hydrogen-bond donors (Lipinski definition) is 1. The molecule has 0 aliphatic carbocycles. The molecule has 19 heavy (non-hydrogen) atoms. The molecule has 5 heteroatoms. The molecule has 100 valence electrons. The van der Waals surface area contributed by atoms with Crippen LogP contribution in [0.2, 0.25) is 0 Å². The number of fused-ring (bicyclic) bond motifs is 1. The van der Waals surface area contributed by atoms with Gasteiger partial charge in [0.15, 0.2) is 0 Å². The molecule has 0 saturated carbocycles. The van der Waals surface area contributed by atoms with Crippen LogP contribution in [0, 0.1) is 0 Å². The van der Waals surface area contributed by atoms with Crippen molar-refractivity contribution in [2.75, 3.05) is 13.2 Å². The smallest absolute Gasteiger partial charge is 0.116 e. The van der Waals surface area contributed by atoms with Crippen molar-refractivity contribution in [2.24, 2.45) is 5.73 Å². The summed E-state index contributed by atoms with van der Waals surface area (Å²) in [5.74, 6) is 0. The van der Waals surface area contributed by atoms with Crippen LogP contribution in [0.1, 0.15) is 17.2 Å². The lowest BCUT2D eigenvalue weighted by Crippen LogP contribution is -2.23. The molecule has 3 rings (SSSR count). The molecule has 1 aromatic heterocycles.